The Morgan fingerprint density at radius 3 is 2.40 bits per heavy atom. The monoisotopic (exact) mass is 430 g/mol. The van der Waals surface area contributed by atoms with Gasteiger partial charge in [0.2, 0.25) is 11.8 Å². The average Bonchev–Trinajstić information content (AvgIpc) is 2.71. The second kappa shape index (κ2) is 7.91. The Kier molecular flexibility index (Phi) is 5.52. The molecule has 0 spiro atoms. The van der Waals surface area contributed by atoms with Crippen LogP contribution < -0.4 is 16.0 Å². The molecule has 0 bridgehead atoms. The predicted molar refractivity (Wildman–Crippen MR) is 110 cm³/mol. The van der Waals surface area contributed by atoms with Gasteiger partial charge in [-0.05, 0) is 37.3 Å². The van der Waals surface area contributed by atoms with E-state index in [9.17, 15) is 23.1 Å². The third-order valence-electron chi connectivity index (χ3n) is 4.18. The number of sulfonamides is 1. The lowest BCUT2D eigenvalue weighted by atomic mass is 10.3. The number of hydrogen-bond donors (Lipinski definition) is 2. The quantitative estimate of drug-likeness (QED) is 0.558. The summed E-state index contributed by atoms with van der Waals surface area (Å²) in [4.78, 5) is 35.8. The van der Waals surface area contributed by atoms with E-state index in [-0.39, 0.29) is 16.4 Å². The Balaban J connectivity index is 1.86. The first-order valence-corrected chi connectivity index (χ1v) is 10.0. The number of rotatable bonds is 5. The first kappa shape index (κ1) is 20.9. The molecule has 1 aromatic carbocycles. The highest BCUT2D eigenvalue weighted by molar-refractivity contribution is 7.92. The Bertz CT molecular complexity index is 1360. The van der Waals surface area contributed by atoms with Crippen molar-refractivity contribution in [1.82, 2.24) is 19.1 Å². The van der Waals surface area contributed by atoms with Crippen LogP contribution in [0.3, 0.4) is 0 Å². The van der Waals surface area contributed by atoms with Crippen molar-refractivity contribution in [3.8, 4) is 5.88 Å². The van der Waals surface area contributed by atoms with Crippen molar-refractivity contribution >= 4 is 27.9 Å². The molecule has 0 aliphatic rings. The molecule has 30 heavy (non-hydrogen) atoms. The highest BCUT2D eigenvalue weighted by atomic mass is 32.2. The lowest BCUT2D eigenvalue weighted by molar-refractivity contribution is 0.410. The van der Waals surface area contributed by atoms with Gasteiger partial charge >= 0.3 is 5.69 Å². The SMILES string of the molecule is Cc1ccnc(NS(=O)(=O)c2ccc(N=Cc3c(O)n(C)c(=O)n(C)c3=O)cc2)n1. The maximum Gasteiger partial charge on any atom is 0.333 e. The molecule has 2 heterocycles. The molecule has 3 rings (SSSR count). The second-order valence-corrected chi connectivity index (χ2v) is 8.00. The maximum atomic E-state index is 12.5. The van der Waals surface area contributed by atoms with Crippen molar-refractivity contribution in [2.24, 2.45) is 19.1 Å². The van der Waals surface area contributed by atoms with E-state index in [4.69, 9.17) is 0 Å². The number of anilines is 1. The zero-order valence-electron chi connectivity index (χ0n) is 16.3. The maximum absolute atomic E-state index is 12.5. The Hall–Kier alpha value is -3.80. The number of aliphatic imine (C=N–C) groups is 1. The third-order valence-corrected chi connectivity index (χ3v) is 5.52. The zero-order valence-corrected chi connectivity index (χ0v) is 17.1. The lowest BCUT2D eigenvalue weighted by Crippen LogP contribution is -2.38. The molecule has 0 atom stereocenters. The van der Waals surface area contributed by atoms with Gasteiger partial charge in [-0.2, -0.15) is 0 Å². The van der Waals surface area contributed by atoms with Gasteiger partial charge in [0.15, 0.2) is 0 Å². The number of aryl methyl sites for hydroxylation is 1. The normalized spacial score (nSPS) is 11.7. The van der Waals surface area contributed by atoms with Crippen LogP contribution in [0.15, 0.2) is 56.0 Å². The van der Waals surface area contributed by atoms with Crippen molar-refractivity contribution in [3.05, 3.63) is 68.6 Å². The summed E-state index contributed by atoms with van der Waals surface area (Å²) in [6.07, 6.45) is 2.55. The van der Waals surface area contributed by atoms with Crippen LogP contribution in [0.2, 0.25) is 0 Å². The summed E-state index contributed by atoms with van der Waals surface area (Å²) < 4.78 is 29.0. The van der Waals surface area contributed by atoms with Gasteiger partial charge in [0.05, 0.1) is 10.6 Å². The van der Waals surface area contributed by atoms with Crippen LogP contribution in [0.5, 0.6) is 5.88 Å². The van der Waals surface area contributed by atoms with Gasteiger partial charge in [0.1, 0.15) is 5.56 Å². The molecule has 0 amide bonds. The van der Waals surface area contributed by atoms with Crippen molar-refractivity contribution < 1.29 is 13.5 Å². The summed E-state index contributed by atoms with van der Waals surface area (Å²) >= 11 is 0. The van der Waals surface area contributed by atoms with E-state index >= 15 is 0 Å². The molecule has 2 N–H and O–H groups in total. The van der Waals surface area contributed by atoms with E-state index in [0.717, 1.165) is 15.3 Å². The average molecular weight is 430 g/mol. The molecule has 156 valence electrons. The smallest absolute Gasteiger partial charge is 0.333 e. The lowest BCUT2D eigenvalue weighted by Gasteiger charge is -2.08. The molecule has 11 nitrogen and oxygen atoms in total. The van der Waals surface area contributed by atoms with Gasteiger partial charge in [-0.3, -0.25) is 18.9 Å². The fourth-order valence-electron chi connectivity index (χ4n) is 2.50. The van der Waals surface area contributed by atoms with Crippen LogP contribution in [0.4, 0.5) is 11.6 Å². The molecule has 0 saturated carbocycles. The Morgan fingerprint density at radius 1 is 1.10 bits per heavy atom. The number of nitrogens with zero attached hydrogens (tertiary/aromatic N) is 5. The highest BCUT2D eigenvalue weighted by Crippen LogP contribution is 2.19. The van der Waals surface area contributed by atoms with Crippen LogP contribution in [-0.4, -0.2) is 38.8 Å². The van der Waals surface area contributed by atoms with E-state index in [0.29, 0.717) is 11.4 Å². The van der Waals surface area contributed by atoms with Crippen LogP contribution in [0.1, 0.15) is 11.3 Å². The van der Waals surface area contributed by atoms with Crippen LogP contribution in [0, 0.1) is 6.92 Å². The molecule has 0 unspecified atom stereocenters. The molecular formula is C18H18N6O5S. The first-order chi connectivity index (χ1) is 14.1. The van der Waals surface area contributed by atoms with E-state index in [1.165, 1.54) is 44.6 Å². The summed E-state index contributed by atoms with van der Waals surface area (Å²) in [6.45, 7) is 1.71. The fourth-order valence-corrected chi connectivity index (χ4v) is 3.45. The summed E-state index contributed by atoms with van der Waals surface area (Å²) in [6, 6.07) is 7.13. The van der Waals surface area contributed by atoms with Crippen molar-refractivity contribution in [2.75, 3.05) is 4.72 Å². The van der Waals surface area contributed by atoms with Crippen LogP contribution in [0.25, 0.3) is 0 Å². The van der Waals surface area contributed by atoms with Gasteiger partial charge in [-0.25, -0.2) is 27.9 Å². The minimum Gasteiger partial charge on any atom is -0.494 e. The Morgan fingerprint density at radius 2 is 1.77 bits per heavy atom. The highest BCUT2D eigenvalue weighted by Gasteiger charge is 2.16. The molecule has 0 fully saturated rings. The van der Waals surface area contributed by atoms with Crippen molar-refractivity contribution in [2.45, 2.75) is 11.8 Å². The summed E-state index contributed by atoms with van der Waals surface area (Å²) in [5.74, 6) is -0.563. The number of benzene rings is 1. The standard InChI is InChI=1S/C18H18N6O5S/c1-11-8-9-19-17(21-11)22-30(28,29)13-6-4-12(5-7-13)20-10-14-15(25)23(2)18(27)24(3)16(14)26/h4-10,25H,1-3H3,(H,19,21,22). The summed E-state index contributed by atoms with van der Waals surface area (Å²) in [5, 5.41) is 10.0. The molecule has 0 aliphatic carbocycles. The van der Waals surface area contributed by atoms with Gasteiger partial charge < -0.3 is 5.11 Å². The molecule has 0 saturated heterocycles. The number of aromatic hydroxyl groups is 1. The third kappa shape index (κ3) is 4.12. The minimum atomic E-state index is -3.90. The van der Waals surface area contributed by atoms with Crippen molar-refractivity contribution in [1.29, 1.82) is 0 Å². The number of hydrogen-bond acceptors (Lipinski definition) is 8. The summed E-state index contributed by atoms with van der Waals surface area (Å²) in [5.41, 5.74) is -0.610. The van der Waals surface area contributed by atoms with Crippen LogP contribution in [-0.2, 0) is 24.1 Å². The second-order valence-electron chi connectivity index (χ2n) is 6.32. The summed E-state index contributed by atoms with van der Waals surface area (Å²) in [7, 11) is -1.30. The van der Waals surface area contributed by atoms with Gasteiger partial charge in [-0.1, -0.05) is 0 Å². The molecule has 0 radical (unpaired) electrons. The van der Waals surface area contributed by atoms with E-state index in [2.05, 4.69) is 19.7 Å². The van der Waals surface area contributed by atoms with Gasteiger partial charge in [-0.15, -0.1) is 0 Å². The number of nitrogens with one attached hydrogen (secondary N) is 1. The molecule has 2 aromatic heterocycles. The van der Waals surface area contributed by atoms with Crippen LogP contribution >= 0.6 is 0 Å². The predicted octanol–water partition coefficient (Wildman–Crippen LogP) is 0.439. The number of aromatic nitrogens is 4. The van der Waals surface area contributed by atoms with Gasteiger partial charge in [0, 0.05) is 32.2 Å². The molecule has 0 aliphatic heterocycles. The largest absolute Gasteiger partial charge is 0.494 e. The molecular weight excluding hydrogens is 412 g/mol. The van der Waals surface area contributed by atoms with Gasteiger partial charge in [0.25, 0.3) is 15.6 Å². The molecule has 12 heteroatoms. The minimum absolute atomic E-state index is 0.0348. The van der Waals surface area contributed by atoms with E-state index < -0.39 is 27.2 Å². The fraction of sp³-hybridized carbons (Fsp3) is 0.167. The Labute approximate surface area is 171 Å². The van der Waals surface area contributed by atoms with Crippen molar-refractivity contribution in [3.63, 3.8) is 0 Å². The molecule has 3 aromatic rings. The van der Waals surface area contributed by atoms with E-state index in [1.807, 2.05) is 0 Å². The zero-order chi connectivity index (χ0) is 22.1. The van der Waals surface area contributed by atoms with E-state index in [1.54, 1.807) is 13.0 Å². The topological polar surface area (TPSA) is 149 Å². The first-order valence-electron chi connectivity index (χ1n) is 8.56.